The van der Waals surface area contributed by atoms with Crippen LogP contribution in [0.4, 0.5) is 5.69 Å². The van der Waals surface area contributed by atoms with Crippen LogP contribution in [0, 0.1) is 34.6 Å². The summed E-state index contributed by atoms with van der Waals surface area (Å²) in [5.41, 5.74) is 12.8. The van der Waals surface area contributed by atoms with Gasteiger partial charge < -0.3 is 24.2 Å². The number of carboxylic acids is 1. The highest BCUT2D eigenvalue weighted by molar-refractivity contribution is 6.06. The molecule has 0 atom stereocenters. The van der Waals surface area contributed by atoms with E-state index in [0.29, 0.717) is 32.7 Å². The number of aryl methyl sites for hydroxylation is 6. The number of amides is 1. The van der Waals surface area contributed by atoms with Crippen LogP contribution in [0.3, 0.4) is 0 Å². The van der Waals surface area contributed by atoms with Crippen LogP contribution in [0.5, 0.6) is 5.75 Å². The van der Waals surface area contributed by atoms with Gasteiger partial charge in [0, 0.05) is 67.7 Å². The summed E-state index contributed by atoms with van der Waals surface area (Å²) < 4.78 is 10.5. The summed E-state index contributed by atoms with van der Waals surface area (Å²) in [6.07, 6.45) is 4.42. The predicted molar refractivity (Wildman–Crippen MR) is 202 cm³/mol. The lowest BCUT2D eigenvalue weighted by atomic mass is 9.98. The minimum atomic E-state index is -0.950. The molecule has 9 heteroatoms. The summed E-state index contributed by atoms with van der Waals surface area (Å²) in [6.45, 7) is 14.5. The molecule has 3 aromatic carbocycles. The van der Waals surface area contributed by atoms with Crippen molar-refractivity contribution in [1.82, 2.24) is 19.2 Å². The van der Waals surface area contributed by atoms with Crippen molar-refractivity contribution in [3.8, 4) is 16.9 Å². The van der Waals surface area contributed by atoms with Gasteiger partial charge in [-0.1, -0.05) is 18.2 Å². The maximum Gasteiger partial charge on any atom is 0.335 e. The van der Waals surface area contributed by atoms with Gasteiger partial charge in [0.15, 0.2) is 0 Å². The van der Waals surface area contributed by atoms with Crippen LogP contribution in [0.1, 0.15) is 85.7 Å². The molecular formula is C42H49N5O4. The Morgan fingerprint density at radius 3 is 2.35 bits per heavy atom. The van der Waals surface area contributed by atoms with Gasteiger partial charge in [-0.3, -0.25) is 9.48 Å². The summed E-state index contributed by atoms with van der Waals surface area (Å²) in [7, 11) is 1.98. The van der Waals surface area contributed by atoms with Gasteiger partial charge in [0.2, 0.25) is 0 Å². The number of aromatic nitrogens is 3. The largest absolute Gasteiger partial charge is 0.494 e. The summed E-state index contributed by atoms with van der Waals surface area (Å²) in [5.74, 6) is -0.0906. The van der Waals surface area contributed by atoms with Gasteiger partial charge in [0.25, 0.3) is 5.91 Å². The van der Waals surface area contributed by atoms with Crippen molar-refractivity contribution < 1.29 is 19.4 Å². The van der Waals surface area contributed by atoms with Crippen LogP contribution in [-0.4, -0.2) is 62.5 Å². The highest BCUT2D eigenvalue weighted by Crippen LogP contribution is 2.39. The Kier molecular flexibility index (Phi) is 9.40. The minimum Gasteiger partial charge on any atom is -0.494 e. The third-order valence-electron chi connectivity index (χ3n) is 11.1. The molecule has 9 nitrogen and oxygen atoms in total. The van der Waals surface area contributed by atoms with Crippen molar-refractivity contribution in [3.63, 3.8) is 0 Å². The SMILES string of the molecule is Cc1cc(OCCCc2c3n(c4c(-c5c(C)nn(C)c5C)cccc24)CCCN(Cc2cc(C(=O)O)cc(N4CCCC4)c2)C3=O)cc(C)c1C. The van der Waals surface area contributed by atoms with Gasteiger partial charge in [-0.15, -0.1) is 0 Å². The third-order valence-corrected chi connectivity index (χ3v) is 11.1. The number of benzene rings is 3. The van der Waals surface area contributed by atoms with Gasteiger partial charge in [-0.25, -0.2) is 4.79 Å². The first kappa shape index (κ1) is 34.4. The maximum atomic E-state index is 14.9. The molecule has 1 fully saturated rings. The smallest absolute Gasteiger partial charge is 0.335 e. The van der Waals surface area contributed by atoms with E-state index in [2.05, 4.69) is 80.5 Å². The van der Waals surface area contributed by atoms with E-state index in [1.807, 2.05) is 16.6 Å². The molecule has 0 aliphatic carbocycles. The van der Waals surface area contributed by atoms with E-state index < -0.39 is 5.97 Å². The maximum absolute atomic E-state index is 14.9. The van der Waals surface area contributed by atoms with E-state index in [4.69, 9.17) is 9.84 Å². The molecule has 0 radical (unpaired) electrons. The van der Waals surface area contributed by atoms with Gasteiger partial charge in [0.05, 0.1) is 23.4 Å². The number of aromatic carboxylic acids is 1. The molecule has 1 amide bonds. The van der Waals surface area contributed by atoms with Gasteiger partial charge >= 0.3 is 5.97 Å². The van der Waals surface area contributed by atoms with Crippen LogP contribution in [0.2, 0.25) is 0 Å². The Morgan fingerprint density at radius 1 is 0.922 bits per heavy atom. The van der Waals surface area contributed by atoms with Crippen molar-refractivity contribution in [1.29, 1.82) is 0 Å². The Hall–Kier alpha value is -5.05. The van der Waals surface area contributed by atoms with Gasteiger partial charge in [-0.2, -0.15) is 5.10 Å². The first-order chi connectivity index (χ1) is 24.5. The van der Waals surface area contributed by atoms with E-state index in [0.717, 1.165) is 100 Å². The average molecular weight is 688 g/mol. The Bertz CT molecular complexity index is 2130. The normalized spacial score (nSPS) is 14.7. The summed E-state index contributed by atoms with van der Waals surface area (Å²) in [6, 6.07) is 16.2. The molecular weight excluding hydrogens is 638 g/mol. The van der Waals surface area contributed by atoms with E-state index in [-0.39, 0.29) is 11.5 Å². The number of carboxylic acid groups (broad SMARTS) is 1. The fourth-order valence-corrected chi connectivity index (χ4v) is 8.17. The van der Waals surface area contributed by atoms with Crippen molar-refractivity contribution >= 4 is 28.5 Å². The third kappa shape index (κ3) is 6.50. The fraction of sp³-hybridized carbons (Fsp3) is 0.405. The van der Waals surface area contributed by atoms with Crippen LogP contribution in [-0.2, 0) is 26.6 Å². The van der Waals surface area contributed by atoms with E-state index in [1.54, 1.807) is 12.1 Å². The lowest BCUT2D eigenvalue weighted by Crippen LogP contribution is -2.31. The van der Waals surface area contributed by atoms with E-state index >= 15 is 0 Å². The molecule has 0 bridgehead atoms. The van der Waals surface area contributed by atoms with E-state index in [1.165, 1.54) is 16.7 Å². The molecule has 0 spiro atoms. The fourth-order valence-electron chi connectivity index (χ4n) is 8.17. The Labute approximate surface area is 300 Å². The molecule has 0 saturated carbocycles. The lowest BCUT2D eigenvalue weighted by molar-refractivity contribution is 0.0696. The number of anilines is 1. The number of hydrogen-bond donors (Lipinski definition) is 1. The zero-order valence-electron chi connectivity index (χ0n) is 30.8. The second kappa shape index (κ2) is 13.9. The predicted octanol–water partition coefficient (Wildman–Crippen LogP) is 7.94. The Morgan fingerprint density at radius 2 is 1.67 bits per heavy atom. The number of ether oxygens (including phenoxy) is 1. The zero-order chi connectivity index (χ0) is 36.0. The van der Waals surface area contributed by atoms with Crippen LogP contribution in [0.15, 0.2) is 48.5 Å². The second-order valence-electron chi connectivity index (χ2n) is 14.5. The molecule has 2 aliphatic heterocycles. The minimum absolute atomic E-state index is 0.0153. The van der Waals surface area contributed by atoms with Crippen LogP contribution >= 0.6 is 0 Å². The number of hydrogen-bond acceptors (Lipinski definition) is 5. The molecule has 7 rings (SSSR count). The van der Waals surface area contributed by atoms with E-state index in [9.17, 15) is 14.7 Å². The van der Waals surface area contributed by atoms with Crippen molar-refractivity contribution in [2.45, 2.75) is 79.8 Å². The standard InChI is InChI=1S/C42H49N5O4/c1-26-20-34(21-27(2)28(26)3)51-19-10-14-36-35-12-9-13-37(38-29(4)43-44(6)30(38)5)39(35)47-18-11-17-46(41(48)40(36)47)25-31-22-32(42(49)50)24-33(23-31)45-15-7-8-16-45/h9,12-13,20-24H,7-8,10-11,14-19,25H2,1-6H3,(H,49,50). The number of fused-ring (bicyclic) bond motifs is 3. The number of para-hydroxylation sites is 1. The van der Waals surface area contributed by atoms with Crippen molar-refractivity contribution in [2.75, 3.05) is 31.1 Å². The quantitative estimate of drug-likeness (QED) is 0.150. The molecule has 51 heavy (non-hydrogen) atoms. The topological polar surface area (TPSA) is 92.8 Å². The highest BCUT2D eigenvalue weighted by atomic mass is 16.5. The molecule has 1 saturated heterocycles. The molecule has 5 aromatic rings. The number of rotatable bonds is 10. The molecule has 2 aromatic heterocycles. The first-order valence-electron chi connectivity index (χ1n) is 18.3. The molecule has 4 heterocycles. The molecule has 2 aliphatic rings. The highest BCUT2D eigenvalue weighted by Gasteiger charge is 2.31. The lowest BCUT2D eigenvalue weighted by Gasteiger charge is -2.24. The second-order valence-corrected chi connectivity index (χ2v) is 14.5. The summed E-state index contributed by atoms with van der Waals surface area (Å²) >= 11 is 0. The van der Waals surface area contributed by atoms with Crippen LogP contribution < -0.4 is 9.64 Å². The zero-order valence-corrected chi connectivity index (χ0v) is 30.8. The monoisotopic (exact) mass is 687 g/mol. The number of nitrogens with zero attached hydrogens (tertiary/aromatic N) is 5. The average Bonchev–Trinajstić information content (AvgIpc) is 3.79. The van der Waals surface area contributed by atoms with Crippen molar-refractivity contribution in [2.24, 2.45) is 7.05 Å². The van der Waals surface area contributed by atoms with Crippen molar-refractivity contribution in [3.05, 3.63) is 99.0 Å². The van der Waals surface area contributed by atoms with Gasteiger partial charge in [-0.05, 0) is 125 Å². The Balaban J connectivity index is 1.27. The summed E-state index contributed by atoms with van der Waals surface area (Å²) in [5, 5.41) is 15.8. The molecule has 266 valence electrons. The number of carbonyl (C=O) groups excluding carboxylic acids is 1. The molecule has 0 unspecified atom stereocenters. The number of carbonyl (C=O) groups is 2. The summed E-state index contributed by atoms with van der Waals surface area (Å²) in [4.78, 5) is 31.2. The molecule has 1 N–H and O–H groups in total. The first-order valence-corrected chi connectivity index (χ1v) is 18.3. The van der Waals surface area contributed by atoms with Gasteiger partial charge in [0.1, 0.15) is 11.4 Å². The van der Waals surface area contributed by atoms with Crippen LogP contribution in [0.25, 0.3) is 22.0 Å².